The van der Waals surface area contributed by atoms with E-state index >= 15 is 0 Å². The van der Waals surface area contributed by atoms with Gasteiger partial charge in [0.05, 0.1) is 12.7 Å². The number of fused-ring (bicyclic) bond motifs is 5. The summed E-state index contributed by atoms with van der Waals surface area (Å²) in [6.45, 7) is 2.68. The first kappa shape index (κ1) is 27.1. The molecule has 1 aliphatic heterocycles. The van der Waals surface area contributed by atoms with Crippen LogP contribution in [-0.4, -0.2) is 97.8 Å². The highest BCUT2D eigenvalue weighted by Crippen LogP contribution is 2.67. The topological polar surface area (TPSA) is 174 Å². The van der Waals surface area contributed by atoms with Gasteiger partial charge in [-0.15, -0.1) is 0 Å². The summed E-state index contributed by atoms with van der Waals surface area (Å²) in [6.07, 6.45) is -0.603. The van der Waals surface area contributed by atoms with Gasteiger partial charge >= 0.3 is 0 Å². The maximum atomic E-state index is 13.5. The van der Waals surface area contributed by atoms with E-state index < -0.39 is 72.2 Å². The first-order chi connectivity index (χ1) is 17.4. The highest BCUT2D eigenvalue weighted by molar-refractivity contribution is 6.01. The van der Waals surface area contributed by atoms with Gasteiger partial charge < -0.3 is 40.1 Å². The zero-order valence-electron chi connectivity index (χ0n) is 21.2. The van der Waals surface area contributed by atoms with Crippen molar-refractivity contribution in [3.63, 3.8) is 0 Å². The Hall–Kier alpha value is -1.50. The summed E-state index contributed by atoms with van der Waals surface area (Å²) in [6, 6.07) is 0. The number of carbonyl (C=O) groups excluding carboxylic acids is 2. The number of hydrogen-bond donors (Lipinski definition) is 6. The van der Waals surface area contributed by atoms with E-state index in [0.29, 0.717) is 6.42 Å². The molecule has 4 fully saturated rings. The minimum Gasteiger partial charge on any atom is -0.394 e. The average molecular weight is 523 g/mol. The molecule has 0 aromatic rings. The number of aliphatic hydroxyl groups is 6. The summed E-state index contributed by atoms with van der Waals surface area (Å²) in [5, 5.41) is 62.8. The molecule has 6 N–H and O–H groups in total. The lowest BCUT2D eigenvalue weighted by Crippen LogP contribution is -2.62. The number of allylic oxidation sites excluding steroid dienone is 4. The van der Waals surface area contributed by atoms with Crippen LogP contribution in [0.3, 0.4) is 0 Å². The number of Topliss-reactive ketones (excluding diaryl/α,β-unsaturated/α-hetero) is 1. The lowest BCUT2D eigenvalue weighted by molar-refractivity contribution is -0.300. The minimum absolute atomic E-state index is 0.0217. The van der Waals surface area contributed by atoms with E-state index in [9.17, 15) is 40.2 Å². The van der Waals surface area contributed by atoms with Gasteiger partial charge in [0, 0.05) is 16.7 Å². The van der Waals surface area contributed by atoms with Crippen LogP contribution >= 0.6 is 0 Å². The molecule has 10 nitrogen and oxygen atoms in total. The molecule has 12 atom stereocenters. The number of hydrogen-bond acceptors (Lipinski definition) is 10. The Balaban J connectivity index is 1.34. The maximum absolute atomic E-state index is 13.5. The third-order valence-electron chi connectivity index (χ3n) is 10.3. The summed E-state index contributed by atoms with van der Waals surface area (Å²) in [4.78, 5) is 25.4. The van der Waals surface area contributed by atoms with Crippen LogP contribution < -0.4 is 0 Å². The second kappa shape index (κ2) is 9.31. The number of carbonyl (C=O) groups is 2. The van der Waals surface area contributed by atoms with Crippen molar-refractivity contribution in [2.45, 2.75) is 88.4 Å². The van der Waals surface area contributed by atoms with E-state index in [1.54, 1.807) is 12.2 Å². The normalized spacial score (nSPS) is 51.2. The highest BCUT2D eigenvalue weighted by Gasteiger charge is 2.68. The molecule has 10 heteroatoms. The lowest BCUT2D eigenvalue weighted by atomic mass is 9.46. The first-order valence-corrected chi connectivity index (χ1v) is 13.2. The van der Waals surface area contributed by atoms with Crippen molar-refractivity contribution in [3.8, 4) is 0 Å². The Labute approximate surface area is 215 Å². The molecule has 1 saturated heterocycles. The third kappa shape index (κ3) is 3.91. The van der Waals surface area contributed by atoms with Crippen LogP contribution in [0.1, 0.15) is 46.0 Å². The Morgan fingerprint density at radius 2 is 1.86 bits per heavy atom. The Morgan fingerprint density at radius 1 is 1.14 bits per heavy atom. The van der Waals surface area contributed by atoms with Gasteiger partial charge in [0.1, 0.15) is 36.6 Å². The largest absolute Gasteiger partial charge is 0.394 e. The molecule has 0 bridgehead atoms. The standard InChI is InChI=1S/C27H38O10/c1-25-7-5-14(29)9-13(25)3-4-15-16-6-8-27(35,26(16,2)10-17(30)20(15)25)19(31)12-36-24-23(34)22(33)21(32)18(11-28)37-24/h5,7,9,15-18,20-24,28,30,32-35H,3-4,6,8,10-12H2,1-2H3/t15?,16?,17-,18?,20?,21?,22?,23?,24?,25-,26-,27-/m0/s1. The van der Waals surface area contributed by atoms with Crippen molar-refractivity contribution in [1.82, 2.24) is 0 Å². The van der Waals surface area contributed by atoms with E-state index in [-0.39, 0.29) is 36.4 Å². The molecule has 0 amide bonds. The van der Waals surface area contributed by atoms with Crippen LogP contribution in [-0.2, 0) is 19.1 Å². The molecule has 0 aromatic heterocycles. The smallest absolute Gasteiger partial charge is 0.190 e. The predicted octanol–water partition coefficient (Wildman–Crippen LogP) is -0.618. The number of aliphatic hydroxyl groups excluding tert-OH is 5. The van der Waals surface area contributed by atoms with Gasteiger partial charge in [0.2, 0.25) is 0 Å². The molecular weight excluding hydrogens is 484 g/mol. The Kier molecular flexibility index (Phi) is 6.81. The fourth-order valence-corrected chi connectivity index (χ4v) is 8.27. The van der Waals surface area contributed by atoms with Crippen molar-refractivity contribution in [1.29, 1.82) is 0 Å². The van der Waals surface area contributed by atoms with Gasteiger partial charge in [-0.3, -0.25) is 9.59 Å². The van der Waals surface area contributed by atoms with Crippen LogP contribution in [0.15, 0.2) is 23.8 Å². The summed E-state index contributed by atoms with van der Waals surface area (Å²) in [7, 11) is 0. The molecule has 206 valence electrons. The van der Waals surface area contributed by atoms with E-state index in [2.05, 4.69) is 6.92 Å². The monoisotopic (exact) mass is 522 g/mol. The van der Waals surface area contributed by atoms with E-state index in [1.807, 2.05) is 13.0 Å². The quantitative estimate of drug-likeness (QED) is 0.273. The maximum Gasteiger partial charge on any atom is 0.190 e. The van der Waals surface area contributed by atoms with Crippen LogP contribution in [0.4, 0.5) is 0 Å². The zero-order chi connectivity index (χ0) is 26.9. The average Bonchev–Trinajstić information content (AvgIpc) is 3.13. The van der Waals surface area contributed by atoms with Gasteiger partial charge in [-0.1, -0.05) is 25.5 Å². The van der Waals surface area contributed by atoms with Crippen molar-refractivity contribution >= 4 is 11.6 Å². The lowest BCUT2D eigenvalue weighted by Gasteiger charge is -2.59. The second-order valence-corrected chi connectivity index (χ2v) is 12.0. The van der Waals surface area contributed by atoms with Crippen molar-refractivity contribution < 1.29 is 49.7 Å². The van der Waals surface area contributed by atoms with Gasteiger partial charge in [0.25, 0.3) is 0 Å². The predicted molar refractivity (Wildman–Crippen MR) is 128 cm³/mol. The van der Waals surface area contributed by atoms with Crippen molar-refractivity contribution in [2.75, 3.05) is 13.2 Å². The summed E-state index contributed by atoms with van der Waals surface area (Å²) in [5.41, 5.74) is -2.10. The van der Waals surface area contributed by atoms with Gasteiger partial charge in [-0.2, -0.15) is 0 Å². The van der Waals surface area contributed by atoms with E-state index in [4.69, 9.17) is 9.47 Å². The molecule has 1 heterocycles. The van der Waals surface area contributed by atoms with Crippen LogP contribution in [0, 0.1) is 28.6 Å². The fourth-order valence-electron chi connectivity index (χ4n) is 8.27. The number of rotatable bonds is 5. The molecule has 0 aromatic carbocycles. The molecule has 0 spiro atoms. The van der Waals surface area contributed by atoms with Crippen LogP contribution in [0.5, 0.6) is 0 Å². The zero-order valence-corrected chi connectivity index (χ0v) is 21.2. The second-order valence-electron chi connectivity index (χ2n) is 12.0. The molecule has 4 aliphatic carbocycles. The van der Waals surface area contributed by atoms with E-state index in [1.165, 1.54) is 0 Å². The Morgan fingerprint density at radius 3 is 2.57 bits per heavy atom. The molecule has 5 aliphatic rings. The fraction of sp³-hybridized carbons (Fsp3) is 0.778. The van der Waals surface area contributed by atoms with E-state index in [0.717, 1.165) is 18.4 Å². The van der Waals surface area contributed by atoms with Crippen molar-refractivity contribution in [2.24, 2.45) is 28.6 Å². The highest BCUT2D eigenvalue weighted by atomic mass is 16.7. The number of ether oxygens (including phenoxy) is 2. The van der Waals surface area contributed by atoms with Crippen LogP contribution in [0.2, 0.25) is 0 Å². The summed E-state index contributed by atoms with van der Waals surface area (Å²) in [5.74, 6) is -0.738. The molecular formula is C27H38O10. The van der Waals surface area contributed by atoms with Crippen molar-refractivity contribution in [3.05, 3.63) is 23.8 Å². The summed E-state index contributed by atoms with van der Waals surface area (Å²) >= 11 is 0. The number of ketones is 2. The van der Waals surface area contributed by atoms with Gasteiger partial charge in [0.15, 0.2) is 17.9 Å². The molecule has 37 heavy (non-hydrogen) atoms. The minimum atomic E-state index is -1.77. The summed E-state index contributed by atoms with van der Waals surface area (Å²) < 4.78 is 10.8. The molecule has 8 unspecified atom stereocenters. The SMILES string of the molecule is C[C@]12C=CC(=O)C=C1CCC1C2[C@@H](O)C[C@@]2(C)C1CC[C@]2(O)C(=O)COC1OC(CO)C(O)C(O)C1O. The first-order valence-electron chi connectivity index (χ1n) is 13.2. The van der Waals surface area contributed by atoms with Crippen LogP contribution in [0.25, 0.3) is 0 Å². The van der Waals surface area contributed by atoms with Gasteiger partial charge in [-0.25, -0.2) is 0 Å². The third-order valence-corrected chi connectivity index (χ3v) is 10.3. The Bertz CT molecular complexity index is 1010. The molecule has 5 rings (SSSR count). The molecule has 3 saturated carbocycles. The molecule has 0 radical (unpaired) electrons. The van der Waals surface area contributed by atoms with Gasteiger partial charge in [-0.05, 0) is 56.1 Å².